The minimum Gasteiger partial charge on any atom is -0.386 e. The van der Waals surface area contributed by atoms with Crippen LogP contribution in [0.1, 0.15) is 113 Å². The quantitative estimate of drug-likeness (QED) is 0.196. The highest BCUT2D eigenvalue weighted by Crippen LogP contribution is 2.34. The van der Waals surface area contributed by atoms with Gasteiger partial charge in [0.15, 0.2) is 0 Å². The van der Waals surface area contributed by atoms with E-state index >= 15 is 0 Å². The molecule has 1 aromatic carbocycles. The lowest BCUT2D eigenvalue weighted by molar-refractivity contribution is -0.146. The highest BCUT2D eigenvalue weighted by molar-refractivity contribution is 6.41. The van der Waals surface area contributed by atoms with Crippen LogP contribution in [0.5, 0.6) is 0 Å². The lowest BCUT2D eigenvalue weighted by Gasteiger charge is -2.37. The van der Waals surface area contributed by atoms with Crippen molar-refractivity contribution in [3.8, 4) is 0 Å². The van der Waals surface area contributed by atoms with Gasteiger partial charge >= 0.3 is 0 Å². The summed E-state index contributed by atoms with van der Waals surface area (Å²) in [5.74, 6) is -3.97. The molecule has 276 valence electrons. The predicted molar refractivity (Wildman–Crippen MR) is 184 cm³/mol. The number of carbonyl (C=O) groups is 5. The standard InChI is InChI=1S/C36H49N7O8/c1-34(2,49)24-12-10-23(11-13-24)31(46)39-26(18-22-8-6-5-7-9-22)33(48)42-21-25(43-28(20-38-41-43)35(3,4)50)19-27(42)32(47)40-36(29(44)30(37)45)14-16-51-17-15-36/h10-13,20,22,25,27,49-50H,5-9,14-19,21H2,1-4H3,(H2,37,45)(H,40,47)/b39-26+/t25-,27-/m0/s1. The van der Waals surface area contributed by atoms with Crippen molar-refractivity contribution in [2.24, 2.45) is 16.6 Å². The molecule has 5 rings (SSSR count). The predicted octanol–water partition coefficient (Wildman–Crippen LogP) is 1.85. The number of hydrogen-bond acceptors (Lipinski definition) is 10. The van der Waals surface area contributed by atoms with E-state index in [0.29, 0.717) is 11.3 Å². The zero-order valence-corrected chi connectivity index (χ0v) is 29.8. The number of nitrogens with two attached hydrogens (primary N) is 1. The Balaban J connectivity index is 1.52. The van der Waals surface area contributed by atoms with Gasteiger partial charge in [-0.2, -0.15) is 0 Å². The summed E-state index contributed by atoms with van der Waals surface area (Å²) in [5.41, 5.74) is 2.54. The van der Waals surface area contributed by atoms with Crippen LogP contribution in [-0.2, 0) is 35.1 Å². The zero-order chi connectivity index (χ0) is 37.1. The number of primary amides is 1. The van der Waals surface area contributed by atoms with E-state index < -0.39 is 58.2 Å². The summed E-state index contributed by atoms with van der Waals surface area (Å²) in [6, 6.07) is 4.58. The number of ketones is 1. The van der Waals surface area contributed by atoms with Crippen molar-refractivity contribution in [3.63, 3.8) is 0 Å². The SMILES string of the molecule is CC(C)(O)c1ccc(C(=O)/N=C(\CC2CCCCC2)C(=O)N2C[C@@H](n3nncc3C(C)(C)O)C[C@H]2C(=O)NC2(C(=O)C(N)=O)CCOCC2)cc1. The number of aromatic nitrogens is 3. The van der Waals surface area contributed by atoms with Crippen molar-refractivity contribution in [2.45, 2.75) is 114 Å². The Labute approximate surface area is 297 Å². The number of benzene rings is 1. The Bertz CT molecular complexity index is 1660. The number of nitrogens with one attached hydrogen (secondary N) is 1. The fourth-order valence-electron chi connectivity index (χ4n) is 7.32. The van der Waals surface area contributed by atoms with Gasteiger partial charge in [-0.25, -0.2) is 9.67 Å². The van der Waals surface area contributed by atoms with Crippen LogP contribution < -0.4 is 11.1 Å². The van der Waals surface area contributed by atoms with Gasteiger partial charge in [-0.3, -0.25) is 24.0 Å². The molecule has 3 heterocycles. The van der Waals surface area contributed by atoms with Crippen LogP contribution in [0.2, 0.25) is 0 Å². The Hall–Kier alpha value is -4.34. The van der Waals surface area contributed by atoms with Gasteiger partial charge in [0.2, 0.25) is 11.7 Å². The molecular formula is C36H49N7O8. The Morgan fingerprint density at radius 1 is 1.00 bits per heavy atom. The number of carbonyl (C=O) groups excluding carboxylic acids is 5. The van der Waals surface area contributed by atoms with Crippen LogP contribution in [0, 0.1) is 5.92 Å². The van der Waals surface area contributed by atoms with Gasteiger partial charge in [0.05, 0.1) is 23.5 Å². The first-order valence-electron chi connectivity index (χ1n) is 17.6. The van der Waals surface area contributed by atoms with Gasteiger partial charge in [0.25, 0.3) is 17.7 Å². The van der Waals surface area contributed by atoms with Crippen LogP contribution in [-0.4, -0.2) is 96.6 Å². The molecule has 2 aliphatic heterocycles. The maximum Gasteiger partial charge on any atom is 0.287 e. The fraction of sp³-hybridized carbons (Fsp3) is 0.611. The van der Waals surface area contributed by atoms with Gasteiger partial charge in [-0.15, -0.1) is 5.10 Å². The van der Waals surface area contributed by atoms with Crippen LogP contribution >= 0.6 is 0 Å². The van der Waals surface area contributed by atoms with Gasteiger partial charge in [-0.1, -0.05) is 49.5 Å². The summed E-state index contributed by atoms with van der Waals surface area (Å²) >= 11 is 0. The lowest BCUT2D eigenvalue weighted by atomic mass is 9.84. The second-order valence-electron chi connectivity index (χ2n) is 15.1. The molecule has 3 aliphatic rings. The minimum atomic E-state index is -1.61. The van der Waals surface area contributed by atoms with Gasteiger partial charge < -0.3 is 30.9 Å². The number of aliphatic imine (C=N–C) groups is 1. The number of nitrogens with zero attached hydrogens (tertiary/aromatic N) is 5. The summed E-state index contributed by atoms with van der Waals surface area (Å²) < 4.78 is 6.90. The molecule has 1 aromatic heterocycles. The van der Waals surface area contributed by atoms with E-state index in [1.54, 1.807) is 52.0 Å². The van der Waals surface area contributed by atoms with E-state index in [9.17, 15) is 34.2 Å². The molecule has 1 aliphatic carbocycles. The van der Waals surface area contributed by atoms with Gasteiger partial charge in [-0.05, 0) is 57.7 Å². The molecular weight excluding hydrogens is 658 g/mol. The van der Waals surface area contributed by atoms with E-state index in [1.165, 1.54) is 15.8 Å². The number of likely N-dealkylation sites (tertiary alicyclic amines) is 1. The summed E-state index contributed by atoms with van der Waals surface area (Å²) in [6.45, 7) is 6.60. The van der Waals surface area contributed by atoms with Gasteiger partial charge in [0.1, 0.15) is 22.9 Å². The Kier molecular flexibility index (Phi) is 11.2. The summed E-state index contributed by atoms with van der Waals surface area (Å²) in [5, 5.41) is 32.2. The van der Waals surface area contributed by atoms with Crippen LogP contribution in [0.25, 0.3) is 0 Å². The molecule has 2 atom stereocenters. The van der Waals surface area contributed by atoms with Crippen molar-refractivity contribution in [1.82, 2.24) is 25.2 Å². The highest BCUT2D eigenvalue weighted by Gasteiger charge is 2.49. The van der Waals surface area contributed by atoms with Crippen LogP contribution in [0.15, 0.2) is 35.5 Å². The highest BCUT2D eigenvalue weighted by atomic mass is 16.5. The largest absolute Gasteiger partial charge is 0.386 e. The molecule has 0 bridgehead atoms. The average Bonchev–Trinajstić information content (AvgIpc) is 3.76. The molecule has 51 heavy (non-hydrogen) atoms. The third-order valence-corrected chi connectivity index (χ3v) is 10.3. The average molecular weight is 708 g/mol. The summed E-state index contributed by atoms with van der Waals surface area (Å²) in [4.78, 5) is 73.4. The first kappa shape index (κ1) is 37.9. The van der Waals surface area contributed by atoms with Crippen molar-refractivity contribution >= 4 is 35.1 Å². The number of rotatable bonds is 11. The molecule has 5 N–H and O–H groups in total. The fourth-order valence-corrected chi connectivity index (χ4v) is 7.32. The second kappa shape index (κ2) is 15.1. The van der Waals surface area contributed by atoms with Crippen molar-refractivity contribution < 1.29 is 38.9 Å². The van der Waals surface area contributed by atoms with Crippen molar-refractivity contribution in [3.05, 3.63) is 47.3 Å². The third-order valence-electron chi connectivity index (χ3n) is 10.3. The topological polar surface area (TPSA) is 219 Å². The lowest BCUT2D eigenvalue weighted by Crippen LogP contribution is -2.63. The number of amides is 4. The molecule has 4 amide bonds. The third kappa shape index (κ3) is 8.59. The number of ether oxygens (including phenoxy) is 1. The van der Waals surface area contributed by atoms with Crippen molar-refractivity contribution in [2.75, 3.05) is 19.8 Å². The molecule has 1 saturated carbocycles. The molecule has 2 aromatic rings. The summed E-state index contributed by atoms with van der Waals surface area (Å²) in [6.07, 6.45) is 6.49. The monoisotopic (exact) mass is 707 g/mol. The van der Waals surface area contributed by atoms with E-state index in [-0.39, 0.29) is 62.6 Å². The van der Waals surface area contributed by atoms with Gasteiger partial charge in [0, 0.05) is 44.6 Å². The zero-order valence-electron chi connectivity index (χ0n) is 29.8. The van der Waals surface area contributed by atoms with Crippen molar-refractivity contribution in [1.29, 1.82) is 0 Å². The number of hydrogen-bond donors (Lipinski definition) is 4. The number of aliphatic hydroxyl groups is 2. The summed E-state index contributed by atoms with van der Waals surface area (Å²) in [7, 11) is 0. The molecule has 2 saturated heterocycles. The van der Waals surface area contributed by atoms with Crippen LogP contribution in [0.4, 0.5) is 0 Å². The Morgan fingerprint density at radius 3 is 2.24 bits per heavy atom. The second-order valence-corrected chi connectivity index (χ2v) is 15.1. The molecule has 0 spiro atoms. The van der Waals surface area contributed by atoms with E-state index in [0.717, 1.165) is 32.1 Å². The van der Waals surface area contributed by atoms with E-state index in [4.69, 9.17) is 10.5 Å². The molecule has 0 radical (unpaired) electrons. The molecule has 15 heteroatoms. The van der Waals surface area contributed by atoms with E-state index in [2.05, 4.69) is 20.6 Å². The first-order chi connectivity index (χ1) is 24.0. The van der Waals surface area contributed by atoms with E-state index in [1.807, 2.05) is 0 Å². The number of Topliss-reactive ketones (excluding diaryl/α,β-unsaturated/α-hetero) is 1. The minimum absolute atomic E-state index is 0.00667. The molecule has 3 fully saturated rings. The maximum atomic E-state index is 14.7. The first-order valence-corrected chi connectivity index (χ1v) is 17.6. The van der Waals surface area contributed by atoms with Crippen LogP contribution in [0.3, 0.4) is 0 Å². The normalized spacial score (nSPS) is 21.7. The maximum absolute atomic E-state index is 14.7. The molecule has 0 unspecified atom stereocenters. The molecule has 15 nitrogen and oxygen atoms in total. The smallest absolute Gasteiger partial charge is 0.287 e. The Morgan fingerprint density at radius 2 is 1.65 bits per heavy atom.